The first-order chi connectivity index (χ1) is 13.3. The average molecular weight is 405 g/mol. The van der Waals surface area contributed by atoms with E-state index in [4.69, 9.17) is 14.0 Å². The molecule has 3 heterocycles. The van der Waals surface area contributed by atoms with Crippen LogP contribution in [0.3, 0.4) is 0 Å². The first kappa shape index (κ1) is 18.3. The van der Waals surface area contributed by atoms with Crippen LogP contribution in [0, 0.1) is 0 Å². The summed E-state index contributed by atoms with van der Waals surface area (Å²) < 4.78 is 17.3. The van der Waals surface area contributed by atoms with Crippen molar-refractivity contribution >= 4 is 28.2 Å². The summed E-state index contributed by atoms with van der Waals surface area (Å²) in [5.74, 6) is 2.20. The van der Waals surface area contributed by atoms with Crippen LogP contribution in [-0.2, 0) is 10.5 Å². The molecule has 4 rings (SSSR count). The highest BCUT2D eigenvalue weighted by Gasteiger charge is 2.16. The molecule has 1 aromatic carbocycles. The largest absolute Gasteiger partial charge is 0.496 e. The van der Waals surface area contributed by atoms with Crippen molar-refractivity contribution in [3.8, 4) is 17.0 Å². The maximum atomic E-state index is 5.60. The van der Waals surface area contributed by atoms with E-state index < -0.39 is 0 Å². The number of anilines is 1. The summed E-state index contributed by atoms with van der Waals surface area (Å²) in [6, 6.07) is 9.68. The highest BCUT2D eigenvalue weighted by Crippen LogP contribution is 2.32. The van der Waals surface area contributed by atoms with Crippen molar-refractivity contribution in [2.45, 2.75) is 29.0 Å². The van der Waals surface area contributed by atoms with E-state index in [0.717, 1.165) is 58.2 Å². The maximum absolute atomic E-state index is 5.60. The van der Waals surface area contributed by atoms with Crippen molar-refractivity contribution in [3.63, 3.8) is 0 Å². The Morgan fingerprint density at radius 1 is 1.33 bits per heavy atom. The van der Waals surface area contributed by atoms with E-state index in [9.17, 15) is 0 Å². The lowest BCUT2D eigenvalue weighted by Crippen LogP contribution is -2.18. The lowest BCUT2D eigenvalue weighted by Gasteiger charge is -2.08. The molecule has 7 nitrogen and oxygen atoms in total. The molecule has 1 aliphatic heterocycles. The number of nitrogens with one attached hydrogen (secondary N) is 1. The lowest BCUT2D eigenvalue weighted by atomic mass is 10.1. The number of hydrogen-bond acceptors (Lipinski definition) is 9. The Morgan fingerprint density at radius 2 is 2.26 bits per heavy atom. The number of para-hydroxylation sites is 1. The van der Waals surface area contributed by atoms with E-state index in [1.54, 1.807) is 18.9 Å². The third kappa shape index (κ3) is 4.60. The van der Waals surface area contributed by atoms with Gasteiger partial charge in [-0.25, -0.2) is 0 Å². The SMILES string of the molecule is COc1ccccc1-c1cc(CSc2nnc(NCC3CCCO3)s2)on1. The second-order valence-electron chi connectivity index (χ2n) is 6.06. The number of hydrogen-bond donors (Lipinski definition) is 1. The molecule has 0 saturated carbocycles. The van der Waals surface area contributed by atoms with Gasteiger partial charge in [-0.2, -0.15) is 0 Å². The van der Waals surface area contributed by atoms with Gasteiger partial charge >= 0.3 is 0 Å². The minimum atomic E-state index is 0.285. The van der Waals surface area contributed by atoms with E-state index in [-0.39, 0.29) is 6.10 Å². The van der Waals surface area contributed by atoms with Gasteiger partial charge in [0.2, 0.25) is 5.13 Å². The number of ether oxygens (including phenoxy) is 2. The van der Waals surface area contributed by atoms with Gasteiger partial charge < -0.3 is 19.3 Å². The van der Waals surface area contributed by atoms with Gasteiger partial charge in [0.05, 0.1) is 19.0 Å². The van der Waals surface area contributed by atoms with Crippen LogP contribution in [-0.4, -0.2) is 41.7 Å². The van der Waals surface area contributed by atoms with Crippen molar-refractivity contribution in [2.75, 3.05) is 25.6 Å². The molecule has 1 aliphatic rings. The number of methoxy groups -OCH3 is 1. The van der Waals surface area contributed by atoms with Gasteiger partial charge in [-0.15, -0.1) is 10.2 Å². The molecule has 0 amide bonds. The molecular formula is C18H20N4O3S2. The number of nitrogens with zero attached hydrogens (tertiary/aromatic N) is 3. The van der Waals surface area contributed by atoms with Crippen LogP contribution in [0.15, 0.2) is 39.2 Å². The molecule has 0 spiro atoms. The minimum Gasteiger partial charge on any atom is -0.496 e. The number of aromatic nitrogens is 3. The van der Waals surface area contributed by atoms with E-state index in [0.29, 0.717) is 5.75 Å². The molecule has 3 aromatic rings. The summed E-state index contributed by atoms with van der Waals surface area (Å²) in [6.45, 7) is 1.64. The fraction of sp³-hybridized carbons (Fsp3) is 0.389. The normalized spacial score (nSPS) is 16.6. The zero-order valence-corrected chi connectivity index (χ0v) is 16.5. The molecular weight excluding hydrogens is 384 g/mol. The summed E-state index contributed by atoms with van der Waals surface area (Å²) in [5, 5.41) is 16.7. The average Bonchev–Trinajstić information content (AvgIpc) is 3.46. The van der Waals surface area contributed by atoms with Crippen molar-refractivity contribution in [3.05, 3.63) is 36.1 Å². The molecule has 0 radical (unpaired) electrons. The third-order valence-corrected chi connectivity index (χ3v) is 6.23. The molecule has 9 heteroatoms. The van der Waals surface area contributed by atoms with Gasteiger partial charge in [0.25, 0.3) is 0 Å². The zero-order valence-electron chi connectivity index (χ0n) is 14.9. The van der Waals surface area contributed by atoms with Crippen LogP contribution in [0.25, 0.3) is 11.3 Å². The predicted molar refractivity (Wildman–Crippen MR) is 105 cm³/mol. The van der Waals surface area contributed by atoms with E-state index in [1.165, 1.54) is 11.3 Å². The highest BCUT2D eigenvalue weighted by atomic mass is 32.2. The van der Waals surface area contributed by atoms with Crippen LogP contribution in [0.2, 0.25) is 0 Å². The predicted octanol–water partition coefficient (Wildman–Crippen LogP) is 4.08. The van der Waals surface area contributed by atoms with Crippen LogP contribution in [0.5, 0.6) is 5.75 Å². The summed E-state index contributed by atoms with van der Waals surface area (Å²) in [6.07, 6.45) is 2.53. The standard InChI is InChI=1S/C18H20N4O3S2/c1-23-16-7-3-2-6-14(16)15-9-13(25-22-15)11-26-18-21-20-17(27-18)19-10-12-5-4-8-24-12/h2-3,6-7,9,12H,4-5,8,10-11H2,1H3,(H,19,20). The van der Waals surface area contributed by atoms with Crippen molar-refractivity contribution in [1.82, 2.24) is 15.4 Å². The second kappa shape index (κ2) is 8.73. The first-order valence-electron chi connectivity index (χ1n) is 8.72. The Morgan fingerprint density at radius 3 is 3.11 bits per heavy atom. The molecule has 0 bridgehead atoms. The van der Waals surface area contributed by atoms with Crippen molar-refractivity contribution in [2.24, 2.45) is 0 Å². The maximum Gasteiger partial charge on any atom is 0.206 e. The Hall–Kier alpha value is -2.10. The van der Waals surface area contributed by atoms with E-state index in [2.05, 4.69) is 20.7 Å². The topological polar surface area (TPSA) is 82.3 Å². The Bertz CT molecular complexity index is 877. The molecule has 27 heavy (non-hydrogen) atoms. The molecule has 142 valence electrons. The van der Waals surface area contributed by atoms with E-state index >= 15 is 0 Å². The first-order valence-corrected chi connectivity index (χ1v) is 10.5. The van der Waals surface area contributed by atoms with Crippen LogP contribution in [0.1, 0.15) is 18.6 Å². The van der Waals surface area contributed by atoms with Gasteiger partial charge in [-0.05, 0) is 25.0 Å². The molecule has 2 aromatic heterocycles. The van der Waals surface area contributed by atoms with Gasteiger partial charge in [-0.1, -0.05) is 40.4 Å². The minimum absolute atomic E-state index is 0.285. The van der Waals surface area contributed by atoms with Gasteiger partial charge in [0, 0.05) is 24.8 Å². The Kier molecular flexibility index (Phi) is 5.90. The second-order valence-corrected chi connectivity index (χ2v) is 8.26. The van der Waals surface area contributed by atoms with Crippen LogP contribution < -0.4 is 10.1 Å². The van der Waals surface area contributed by atoms with E-state index in [1.807, 2.05) is 30.3 Å². The highest BCUT2D eigenvalue weighted by molar-refractivity contribution is 8.00. The molecule has 1 atom stereocenters. The van der Waals surface area contributed by atoms with Crippen LogP contribution in [0.4, 0.5) is 5.13 Å². The zero-order chi connectivity index (χ0) is 18.5. The molecule has 0 aliphatic carbocycles. The molecule has 1 saturated heterocycles. The Labute approximate surface area is 165 Å². The molecule has 1 N–H and O–H groups in total. The molecule has 1 fully saturated rings. The number of benzene rings is 1. The smallest absolute Gasteiger partial charge is 0.206 e. The van der Waals surface area contributed by atoms with Crippen molar-refractivity contribution < 1.29 is 14.0 Å². The lowest BCUT2D eigenvalue weighted by molar-refractivity contribution is 0.120. The van der Waals surface area contributed by atoms with Gasteiger partial charge in [-0.3, -0.25) is 0 Å². The monoisotopic (exact) mass is 404 g/mol. The summed E-state index contributed by atoms with van der Waals surface area (Å²) in [7, 11) is 1.65. The van der Waals surface area contributed by atoms with Gasteiger partial charge in [0.15, 0.2) is 4.34 Å². The fourth-order valence-corrected chi connectivity index (χ4v) is 4.48. The molecule has 1 unspecified atom stereocenters. The van der Waals surface area contributed by atoms with Crippen molar-refractivity contribution in [1.29, 1.82) is 0 Å². The third-order valence-electron chi connectivity index (χ3n) is 4.19. The van der Waals surface area contributed by atoms with Gasteiger partial charge in [0.1, 0.15) is 17.2 Å². The van der Waals surface area contributed by atoms with Crippen LogP contribution >= 0.6 is 23.1 Å². The Balaban J connectivity index is 1.32. The summed E-state index contributed by atoms with van der Waals surface area (Å²) in [5.41, 5.74) is 1.68. The summed E-state index contributed by atoms with van der Waals surface area (Å²) >= 11 is 3.12. The summed E-state index contributed by atoms with van der Waals surface area (Å²) in [4.78, 5) is 0. The fourth-order valence-electron chi connectivity index (χ4n) is 2.84. The quantitative estimate of drug-likeness (QED) is 0.562. The number of thioether (sulfide) groups is 1. The number of rotatable bonds is 8.